The fourth-order valence-electron chi connectivity index (χ4n) is 1.30. The van der Waals surface area contributed by atoms with Crippen molar-refractivity contribution in [1.29, 1.82) is 0 Å². The molecule has 0 spiro atoms. The van der Waals surface area contributed by atoms with E-state index in [1.807, 2.05) is 26.8 Å². The van der Waals surface area contributed by atoms with Gasteiger partial charge in [0.15, 0.2) is 0 Å². The highest BCUT2D eigenvalue weighted by atomic mass is 19.1. The highest BCUT2D eigenvalue weighted by Gasteiger charge is 2.15. The number of hydrogen-bond donors (Lipinski definition) is 0. The van der Waals surface area contributed by atoms with Gasteiger partial charge in [-0.1, -0.05) is 26.8 Å². The molecule has 0 atom stereocenters. The Morgan fingerprint density at radius 2 is 1.93 bits per heavy atom. The normalized spacial score (nSPS) is 11.4. The van der Waals surface area contributed by atoms with E-state index in [2.05, 4.69) is 0 Å². The van der Waals surface area contributed by atoms with Crippen molar-refractivity contribution < 1.29 is 9.18 Å². The van der Waals surface area contributed by atoms with Gasteiger partial charge in [0.1, 0.15) is 12.1 Å². The zero-order valence-electron chi connectivity index (χ0n) is 8.80. The van der Waals surface area contributed by atoms with Gasteiger partial charge in [0.05, 0.1) is 0 Å². The summed E-state index contributed by atoms with van der Waals surface area (Å²) in [5.41, 5.74) is 1.58. The van der Waals surface area contributed by atoms with Crippen LogP contribution in [0.2, 0.25) is 0 Å². The second-order valence-corrected chi connectivity index (χ2v) is 4.47. The molecule has 1 aromatic carbocycles. The molecule has 0 heterocycles. The summed E-state index contributed by atoms with van der Waals surface area (Å²) in [5.74, 6) is -0.269. The molecule has 0 saturated carbocycles. The van der Waals surface area contributed by atoms with Crippen molar-refractivity contribution in [2.45, 2.75) is 32.6 Å². The van der Waals surface area contributed by atoms with Crippen LogP contribution in [0.4, 0.5) is 4.39 Å². The number of halogens is 1. The minimum atomic E-state index is -0.269. The van der Waals surface area contributed by atoms with E-state index in [9.17, 15) is 9.18 Å². The Kier molecular flexibility index (Phi) is 3.04. The maximum Gasteiger partial charge on any atom is 0.124 e. The Morgan fingerprint density at radius 1 is 1.29 bits per heavy atom. The second kappa shape index (κ2) is 3.91. The summed E-state index contributed by atoms with van der Waals surface area (Å²) in [5, 5.41) is 0. The van der Waals surface area contributed by atoms with Crippen LogP contribution < -0.4 is 0 Å². The molecule has 0 aromatic heterocycles. The van der Waals surface area contributed by atoms with Gasteiger partial charge < -0.3 is 4.79 Å². The van der Waals surface area contributed by atoms with Gasteiger partial charge in [-0.25, -0.2) is 4.39 Å². The van der Waals surface area contributed by atoms with Gasteiger partial charge in [-0.15, -0.1) is 0 Å². The molecule has 0 aliphatic rings. The fourth-order valence-corrected chi connectivity index (χ4v) is 1.30. The molecule has 0 N–H and O–H groups in total. The largest absolute Gasteiger partial charge is 0.303 e. The van der Waals surface area contributed by atoms with E-state index in [1.165, 1.54) is 12.1 Å². The summed E-state index contributed by atoms with van der Waals surface area (Å²) in [6.07, 6.45) is 1.07. The Labute approximate surface area is 83.9 Å². The van der Waals surface area contributed by atoms with Gasteiger partial charge in [-0.3, -0.25) is 0 Å². The third-order valence-corrected chi connectivity index (χ3v) is 2.14. The highest BCUT2D eigenvalue weighted by molar-refractivity contribution is 5.55. The molecule has 2 heteroatoms. The smallest absolute Gasteiger partial charge is 0.124 e. The lowest BCUT2D eigenvalue weighted by atomic mass is 9.86. The van der Waals surface area contributed by atoms with Crippen LogP contribution in [0.15, 0.2) is 18.2 Å². The third-order valence-electron chi connectivity index (χ3n) is 2.14. The van der Waals surface area contributed by atoms with Gasteiger partial charge in [-0.05, 0) is 28.7 Å². The molecule has 0 fully saturated rings. The molecule has 0 aliphatic carbocycles. The Bertz CT molecular complexity index is 337. The standard InChI is InChI=1S/C12H15FO/c1-12(2,3)10-6-9(4-5-14)7-11(13)8-10/h5-8H,4H2,1-3H3. The predicted octanol–water partition coefficient (Wildman–Crippen LogP) is 2.86. The summed E-state index contributed by atoms with van der Waals surface area (Å²) < 4.78 is 13.2. The number of aldehydes is 1. The first-order chi connectivity index (χ1) is 6.43. The Morgan fingerprint density at radius 3 is 2.43 bits per heavy atom. The molecule has 0 bridgehead atoms. The van der Waals surface area contributed by atoms with Crippen molar-refractivity contribution in [3.05, 3.63) is 35.1 Å². The van der Waals surface area contributed by atoms with E-state index in [0.29, 0.717) is 0 Å². The summed E-state index contributed by atoms with van der Waals surface area (Å²) in [6, 6.07) is 4.81. The first kappa shape index (κ1) is 10.9. The lowest BCUT2D eigenvalue weighted by Gasteiger charge is -2.19. The zero-order valence-corrected chi connectivity index (χ0v) is 8.80. The maximum absolute atomic E-state index is 13.2. The number of rotatable bonds is 2. The minimum absolute atomic E-state index is 0.0836. The third kappa shape index (κ3) is 2.66. The number of benzene rings is 1. The summed E-state index contributed by atoms with van der Waals surface area (Å²) >= 11 is 0. The fraction of sp³-hybridized carbons (Fsp3) is 0.417. The molecule has 1 rings (SSSR count). The van der Waals surface area contributed by atoms with Gasteiger partial charge in [-0.2, -0.15) is 0 Å². The monoisotopic (exact) mass is 194 g/mol. The van der Waals surface area contributed by atoms with Gasteiger partial charge in [0.2, 0.25) is 0 Å². The van der Waals surface area contributed by atoms with Crippen LogP contribution >= 0.6 is 0 Å². The van der Waals surface area contributed by atoms with E-state index >= 15 is 0 Å². The molecular formula is C12H15FO. The molecule has 1 aromatic rings. The van der Waals surface area contributed by atoms with Crippen LogP contribution in [0.1, 0.15) is 31.9 Å². The number of hydrogen-bond acceptors (Lipinski definition) is 1. The van der Waals surface area contributed by atoms with Crippen LogP contribution in [-0.4, -0.2) is 6.29 Å². The van der Waals surface area contributed by atoms with Crippen LogP contribution in [0.5, 0.6) is 0 Å². The summed E-state index contributed by atoms with van der Waals surface area (Å²) in [7, 11) is 0. The molecule has 0 unspecified atom stereocenters. The van der Waals surface area contributed by atoms with Gasteiger partial charge >= 0.3 is 0 Å². The highest BCUT2D eigenvalue weighted by Crippen LogP contribution is 2.24. The lowest BCUT2D eigenvalue weighted by molar-refractivity contribution is -0.107. The van der Waals surface area contributed by atoms with Crippen molar-refractivity contribution in [2.75, 3.05) is 0 Å². The molecule has 0 saturated heterocycles. The Balaban J connectivity index is 3.13. The van der Waals surface area contributed by atoms with E-state index in [-0.39, 0.29) is 17.7 Å². The van der Waals surface area contributed by atoms with Crippen molar-refractivity contribution in [3.63, 3.8) is 0 Å². The molecule has 0 amide bonds. The van der Waals surface area contributed by atoms with Crippen LogP contribution in [0.3, 0.4) is 0 Å². The van der Waals surface area contributed by atoms with Gasteiger partial charge in [0.25, 0.3) is 0 Å². The Hall–Kier alpha value is -1.18. The summed E-state index contributed by atoms with van der Waals surface area (Å²) in [6.45, 7) is 6.06. The predicted molar refractivity (Wildman–Crippen MR) is 54.9 cm³/mol. The van der Waals surface area contributed by atoms with Gasteiger partial charge in [0, 0.05) is 6.42 Å². The average Bonchev–Trinajstić information content (AvgIpc) is 2.02. The molecule has 0 radical (unpaired) electrons. The maximum atomic E-state index is 13.2. The lowest BCUT2D eigenvalue weighted by Crippen LogP contribution is -2.12. The van der Waals surface area contributed by atoms with Crippen molar-refractivity contribution in [2.24, 2.45) is 0 Å². The van der Waals surface area contributed by atoms with E-state index < -0.39 is 0 Å². The molecular weight excluding hydrogens is 179 g/mol. The average molecular weight is 194 g/mol. The number of carbonyl (C=O) groups is 1. The first-order valence-corrected chi connectivity index (χ1v) is 4.67. The van der Waals surface area contributed by atoms with Crippen molar-refractivity contribution in [3.8, 4) is 0 Å². The van der Waals surface area contributed by atoms with Crippen LogP contribution in [0.25, 0.3) is 0 Å². The van der Waals surface area contributed by atoms with E-state index in [4.69, 9.17) is 0 Å². The number of carbonyl (C=O) groups excluding carboxylic acids is 1. The molecule has 0 aliphatic heterocycles. The molecule has 14 heavy (non-hydrogen) atoms. The zero-order chi connectivity index (χ0) is 10.8. The topological polar surface area (TPSA) is 17.1 Å². The molecule has 76 valence electrons. The van der Waals surface area contributed by atoms with Crippen molar-refractivity contribution >= 4 is 6.29 Å². The quantitative estimate of drug-likeness (QED) is 0.661. The summed E-state index contributed by atoms with van der Waals surface area (Å²) in [4.78, 5) is 10.3. The van der Waals surface area contributed by atoms with E-state index in [0.717, 1.165) is 17.4 Å². The second-order valence-electron chi connectivity index (χ2n) is 4.47. The SMILES string of the molecule is CC(C)(C)c1cc(F)cc(CC=O)c1. The van der Waals surface area contributed by atoms with Crippen molar-refractivity contribution in [1.82, 2.24) is 0 Å². The first-order valence-electron chi connectivity index (χ1n) is 4.67. The van der Waals surface area contributed by atoms with Crippen LogP contribution in [0, 0.1) is 5.82 Å². The van der Waals surface area contributed by atoms with Crippen LogP contribution in [-0.2, 0) is 16.6 Å². The molecule has 1 nitrogen and oxygen atoms in total. The van der Waals surface area contributed by atoms with E-state index in [1.54, 1.807) is 0 Å². The minimum Gasteiger partial charge on any atom is -0.303 e.